The summed E-state index contributed by atoms with van der Waals surface area (Å²) < 4.78 is 7.16. The summed E-state index contributed by atoms with van der Waals surface area (Å²) in [6.07, 6.45) is 1.48. The molecule has 5 rings (SSSR count). The van der Waals surface area contributed by atoms with E-state index in [4.69, 9.17) is 4.74 Å². The van der Waals surface area contributed by atoms with Crippen molar-refractivity contribution in [3.63, 3.8) is 0 Å². The summed E-state index contributed by atoms with van der Waals surface area (Å²) in [5.41, 5.74) is 2.61. The molecule has 12 nitrogen and oxygen atoms in total. The van der Waals surface area contributed by atoms with Gasteiger partial charge in [0.1, 0.15) is 12.1 Å². The van der Waals surface area contributed by atoms with E-state index in [9.17, 15) is 14.9 Å². The van der Waals surface area contributed by atoms with E-state index in [-0.39, 0.29) is 11.6 Å². The van der Waals surface area contributed by atoms with Crippen LogP contribution in [0.15, 0.2) is 48.8 Å². The van der Waals surface area contributed by atoms with E-state index < -0.39 is 4.92 Å². The third-order valence-electron chi connectivity index (χ3n) is 6.21. The lowest BCUT2D eigenvalue weighted by Crippen LogP contribution is -2.49. The minimum atomic E-state index is -0.467. The SMILES string of the molecule is CCOc1ccc(-n2nnc3c(N4CCN(C(=O)c5cccc([N+](=O)[O-])c5C)CC4)ncnc32)cc1. The van der Waals surface area contributed by atoms with Gasteiger partial charge in [-0.3, -0.25) is 14.9 Å². The van der Waals surface area contributed by atoms with E-state index >= 15 is 0 Å². The van der Waals surface area contributed by atoms with Crippen molar-refractivity contribution in [3.8, 4) is 11.4 Å². The second-order valence-corrected chi connectivity index (χ2v) is 8.28. The number of piperazine rings is 1. The van der Waals surface area contributed by atoms with Crippen molar-refractivity contribution in [2.24, 2.45) is 0 Å². The van der Waals surface area contributed by atoms with Crippen molar-refractivity contribution in [2.45, 2.75) is 13.8 Å². The highest BCUT2D eigenvalue weighted by molar-refractivity contribution is 5.96. The standard InChI is InChI=1S/C24H24N8O4/c1-3-36-18-9-7-17(8-10-18)31-23-21(27-28-31)22(25-15-26-23)29-11-13-30(14-12-29)24(33)19-5-4-6-20(16(19)2)32(34)35/h4-10,15H,3,11-14H2,1-2H3. The lowest BCUT2D eigenvalue weighted by atomic mass is 10.1. The third kappa shape index (κ3) is 4.17. The first-order valence-corrected chi connectivity index (χ1v) is 11.6. The molecule has 0 radical (unpaired) electrons. The molecule has 1 fully saturated rings. The second kappa shape index (κ2) is 9.56. The number of rotatable bonds is 6. The van der Waals surface area contributed by atoms with E-state index in [0.29, 0.717) is 60.9 Å². The highest BCUT2D eigenvalue weighted by Gasteiger charge is 2.27. The number of benzene rings is 2. The van der Waals surface area contributed by atoms with Crippen LogP contribution in [0.1, 0.15) is 22.8 Å². The molecule has 1 amide bonds. The molecule has 1 aliphatic rings. The van der Waals surface area contributed by atoms with Crippen LogP contribution < -0.4 is 9.64 Å². The van der Waals surface area contributed by atoms with Gasteiger partial charge in [-0.25, -0.2) is 9.97 Å². The molecule has 0 unspecified atom stereocenters. The van der Waals surface area contributed by atoms with Gasteiger partial charge in [0, 0.05) is 43.4 Å². The molecule has 184 valence electrons. The van der Waals surface area contributed by atoms with Gasteiger partial charge < -0.3 is 14.5 Å². The highest BCUT2D eigenvalue weighted by atomic mass is 16.6. The van der Waals surface area contributed by atoms with Crippen molar-refractivity contribution < 1.29 is 14.5 Å². The Labute approximate surface area is 206 Å². The molecule has 0 N–H and O–H groups in total. The molecule has 3 heterocycles. The molecule has 2 aromatic heterocycles. The summed E-state index contributed by atoms with van der Waals surface area (Å²) in [6, 6.07) is 12.1. The number of amides is 1. The fourth-order valence-corrected chi connectivity index (χ4v) is 4.34. The average molecular weight is 489 g/mol. The molecule has 2 aromatic carbocycles. The zero-order chi connectivity index (χ0) is 25.2. The van der Waals surface area contributed by atoms with Crippen molar-refractivity contribution >= 4 is 28.6 Å². The highest BCUT2D eigenvalue weighted by Crippen LogP contribution is 2.26. The number of ether oxygens (including phenoxy) is 1. The number of hydrogen-bond acceptors (Lipinski definition) is 9. The Hall–Kier alpha value is -4.61. The van der Waals surface area contributed by atoms with Crippen LogP contribution in [0.4, 0.5) is 11.5 Å². The number of carbonyl (C=O) groups is 1. The summed E-state index contributed by atoms with van der Waals surface area (Å²) in [5.74, 6) is 1.20. The summed E-state index contributed by atoms with van der Waals surface area (Å²) in [4.78, 5) is 36.5. The van der Waals surface area contributed by atoms with Crippen LogP contribution >= 0.6 is 0 Å². The van der Waals surface area contributed by atoms with Crippen molar-refractivity contribution in [1.29, 1.82) is 0 Å². The molecule has 4 aromatic rings. The Balaban J connectivity index is 1.34. The Bertz CT molecular complexity index is 1430. The minimum Gasteiger partial charge on any atom is -0.494 e. The van der Waals surface area contributed by atoms with E-state index in [2.05, 4.69) is 20.3 Å². The molecule has 1 saturated heterocycles. The molecule has 0 spiro atoms. The molecule has 1 aliphatic heterocycles. The largest absolute Gasteiger partial charge is 0.494 e. The smallest absolute Gasteiger partial charge is 0.273 e. The zero-order valence-corrected chi connectivity index (χ0v) is 19.9. The van der Waals surface area contributed by atoms with Crippen LogP contribution in [0.5, 0.6) is 5.75 Å². The van der Waals surface area contributed by atoms with Gasteiger partial charge in [0.05, 0.1) is 17.2 Å². The molecule has 12 heteroatoms. The van der Waals surface area contributed by atoms with Gasteiger partial charge >= 0.3 is 0 Å². The monoisotopic (exact) mass is 488 g/mol. The summed E-state index contributed by atoms with van der Waals surface area (Å²) in [5, 5.41) is 19.9. The maximum Gasteiger partial charge on any atom is 0.273 e. The van der Waals surface area contributed by atoms with Gasteiger partial charge in [-0.05, 0) is 44.2 Å². The van der Waals surface area contributed by atoms with Crippen LogP contribution in [-0.4, -0.2) is 73.5 Å². The number of carbonyl (C=O) groups excluding carboxylic acids is 1. The van der Waals surface area contributed by atoms with Crippen molar-refractivity contribution in [1.82, 2.24) is 29.9 Å². The molecular weight excluding hydrogens is 464 g/mol. The van der Waals surface area contributed by atoms with Crippen molar-refractivity contribution in [2.75, 3.05) is 37.7 Å². The maximum absolute atomic E-state index is 13.1. The number of hydrogen-bond donors (Lipinski definition) is 0. The van der Waals surface area contributed by atoms with Crippen LogP contribution in [0.25, 0.3) is 16.9 Å². The molecule has 0 aliphatic carbocycles. The fourth-order valence-electron chi connectivity index (χ4n) is 4.34. The van der Waals surface area contributed by atoms with Gasteiger partial charge in [-0.1, -0.05) is 11.3 Å². The zero-order valence-electron chi connectivity index (χ0n) is 19.9. The quantitative estimate of drug-likeness (QED) is 0.297. The third-order valence-corrected chi connectivity index (χ3v) is 6.21. The molecule has 0 atom stereocenters. The Morgan fingerprint density at radius 2 is 1.83 bits per heavy atom. The molecule has 0 bridgehead atoms. The Kier molecular flexibility index (Phi) is 6.15. The van der Waals surface area contributed by atoms with Crippen LogP contribution in [-0.2, 0) is 0 Å². The van der Waals surface area contributed by atoms with Crippen LogP contribution in [0, 0.1) is 17.0 Å². The lowest BCUT2D eigenvalue weighted by Gasteiger charge is -2.35. The normalized spacial score (nSPS) is 13.7. The van der Waals surface area contributed by atoms with Gasteiger partial charge in [0.2, 0.25) is 0 Å². The van der Waals surface area contributed by atoms with Crippen LogP contribution in [0.3, 0.4) is 0 Å². The van der Waals surface area contributed by atoms with E-state index in [0.717, 1.165) is 11.4 Å². The number of nitrogens with zero attached hydrogens (tertiary/aromatic N) is 8. The predicted molar refractivity (Wildman–Crippen MR) is 132 cm³/mol. The van der Waals surface area contributed by atoms with E-state index in [1.165, 1.54) is 12.4 Å². The van der Waals surface area contributed by atoms with Crippen molar-refractivity contribution in [3.05, 3.63) is 70.0 Å². The minimum absolute atomic E-state index is 0.0570. The Morgan fingerprint density at radius 3 is 2.53 bits per heavy atom. The van der Waals surface area contributed by atoms with Gasteiger partial charge in [0.25, 0.3) is 11.6 Å². The molecule has 36 heavy (non-hydrogen) atoms. The first-order valence-electron chi connectivity index (χ1n) is 11.6. The first-order chi connectivity index (χ1) is 17.5. The van der Waals surface area contributed by atoms with Gasteiger partial charge in [-0.15, -0.1) is 5.10 Å². The number of nitro benzene ring substituents is 1. The van der Waals surface area contributed by atoms with E-state index in [1.54, 1.807) is 28.6 Å². The van der Waals surface area contributed by atoms with Crippen LogP contribution in [0.2, 0.25) is 0 Å². The molecule has 0 saturated carbocycles. The number of fused-ring (bicyclic) bond motifs is 1. The maximum atomic E-state index is 13.1. The lowest BCUT2D eigenvalue weighted by molar-refractivity contribution is -0.385. The summed E-state index contributed by atoms with van der Waals surface area (Å²) in [6.45, 7) is 6.07. The first kappa shape index (κ1) is 23.1. The number of aromatic nitrogens is 5. The predicted octanol–water partition coefficient (Wildman–Crippen LogP) is 2.79. The van der Waals surface area contributed by atoms with E-state index in [1.807, 2.05) is 36.1 Å². The average Bonchev–Trinajstić information content (AvgIpc) is 3.33. The summed E-state index contributed by atoms with van der Waals surface area (Å²) >= 11 is 0. The van der Waals surface area contributed by atoms with Gasteiger partial charge in [0.15, 0.2) is 17.0 Å². The number of nitro groups is 1. The fraction of sp³-hybridized carbons (Fsp3) is 0.292. The topological polar surface area (TPSA) is 132 Å². The second-order valence-electron chi connectivity index (χ2n) is 8.28. The summed E-state index contributed by atoms with van der Waals surface area (Å²) in [7, 11) is 0. The Morgan fingerprint density at radius 1 is 1.08 bits per heavy atom. The molecular formula is C24H24N8O4. The van der Waals surface area contributed by atoms with Gasteiger partial charge in [-0.2, -0.15) is 4.68 Å². The number of anilines is 1.